The maximum Gasteiger partial charge on any atom is 0.319 e. The van der Waals surface area contributed by atoms with Crippen LogP contribution in [0.1, 0.15) is 25.7 Å². The van der Waals surface area contributed by atoms with Gasteiger partial charge in [0, 0.05) is 39.6 Å². The number of amides is 3. The Morgan fingerprint density at radius 3 is 2.44 bits per heavy atom. The molecule has 0 unspecified atom stereocenters. The van der Waals surface area contributed by atoms with Crippen molar-refractivity contribution in [3.63, 3.8) is 0 Å². The van der Waals surface area contributed by atoms with Crippen LogP contribution in [0.15, 0.2) is 0 Å². The van der Waals surface area contributed by atoms with Gasteiger partial charge in [-0.3, -0.25) is 4.79 Å². The molecule has 1 fully saturated rings. The van der Waals surface area contributed by atoms with Crippen LogP contribution in [-0.4, -0.2) is 61.5 Å². The first-order valence-corrected chi connectivity index (χ1v) is 6.48. The molecule has 0 atom stereocenters. The van der Waals surface area contributed by atoms with Crippen molar-refractivity contribution in [1.82, 2.24) is 15.1 Å². The normalized spacial score (nSPS) is 16.7. The van der Waals surface area contributed by atoms with Crippen LogP contribution in [0.3, 0.4) is 0 Å². The third-order valence-corrected chi connectivity index (χ3v) is 3.18. The lowest BCUT2D eigenvalue weighted by molar-refractivity contribution is -0.118. The number of rotatable bonds is 5. The van der Waals surface area contributed by atoms with Gasteiger partial charge in [0.15, 0.2) is 0 Å². The zero-order valence-electron chi connectivity index (χ0n) is 11.3. The lowest BCUT2D eigenvalue weighted by Crippen LogP contribution is -2.48. The number of nitrogens with one attached hydrogen (secondary N) is 1. The van der Waals surface area contributed by atoms with Gasteiger partial charge in [0.1, 0.15) is 0 Å². The molecule has 0 spiro atoms. The Morgan fingerprint density at radius 1 is 1.33 bits per heavy atom. The van der Waals surface area contributed by atoms with Crippen molar-refractivity contribution in [2.75, 3.05) is 33.7 Å². The van der Waals surface area contributed by atoms with E-state index in [1.54, 1.807) is 19.0 Å². The zero-order chi connectivity index (χ0) is 13.5. The molecule has 0 aromatic heterocycles. The molecule has 1 rings (SSSR count). The minimum atomic E-state index is -0.247. The summed E-state index contributed by atoms with van der Waals surface area (Å²) in [6, 6.07) is 0.534. The number of nitrogens with zero attached hydrogens (tertiary/aromatic N) is 2. The molecule has 1 heterocycles. The monoisotopic (exact) mass is 256 g/mol. The fourth-order valence-corrected chi connectivity index (χ4v) is 2.13. The number of hydrogen-bond acceptors (Lipinski definition) is 3. The second kappa shape index (κ2) is 7.20. The highest BCUT2D eigenvalue weighted by Crippen LogP contribution is 2.11. The van der Waals surface area contributed by atoms with Gasteiger partial charge in [0.05, 0.1) is 0 Å². The summed E-state index contributed by atoms with van der Waals surface area (Å²) >= 11 is 0. The number of hydrogen-bond donors (Lipinski definition) is 2. The van der Waals surface area contributed by atoms with Crippen molar-refractivity contribution < 1.29 is 9.59 Å². The van der Waals surface area contributed by atoms with Crippen LogP contribution >= 0.6 is 0 Å². The Labute approximate surface area is 108 Å². The highest BCUT2D eigenvalue weighted by Gasteiger charge is 2.23. The Bertz CT molecular complexity index is 286. The third kappa shape index (κ3) is 4.91. The first-order valence-electron chi connectivity index (χ1n) is 6.48. The van der Waals surface area contributed by atoms with Crippen molar-refractivity contribution in [1.29, 1.82) is 0 Å². The molecule has 1 saturated heterocycles. The van der Waals surface area contributed by atoms with E-state index >= 15 is 0 Å². The minimum Gasteiger partial charge on any atom is -0.370 e. The summed E-state index contributed by atoms with van der Waals surface area (Å²) in [6.07, 6.45) is 3.16. The average molecular weight is 256 g/mol. The van der Waals surface area contributed by atoms with Crippen molar-refractivity contribution in [2.24, 2.45) is 5.73 Å². The fraction of sp³-hybridized carbons (Fsp3) is 0.833. The Kier molecular flexibility index (Phi) is 5.91. The Balaban J connectivity index is 2.15. The highest BCUT2D eigenvalue weighted by atomic mass is 16.2. The molecule has 0 aromatic rings. The lowest BCUT2D eigenvalue weighted by Gasteiger charge is -2.34. The van der Waals surface area contributed by atoms with Gasteiger partial charge >= 0.3 is 6.03 Å². The number of nitrogens with two attached hydrogens (primary N) is 1. The molecular weight excluding hydrogens is 232 g/mol. The number of carbonyl (C=O) groups is 2. The SMILES string of the molecule is CN(C)C(=O)N1CCC(NCCCC(N)=O)CC1. The average Bonchev–Trinajstić information content (AvgIpc) is 2.34. The van der Waals surface area contributed by atoms with Crippen LogP contribution in [0.2, 0.25) is 0 Å². The second-order valence-corrected chi connectivity index (χ2v) is 4.96. The summed E-state index contributed by atoms with van der Waals surface area (Å²) in [6.45, 7) is 2.41. The summed E-state index contributed by atoms with van der Waals surface area (Å²) in [5, 5.41) is 3.41. The van der Waals surface area contributed by atoms with E-state index in [9.17, 15) is 9.59 Å². The molecule has 3 amide bonds. The molecule has 0 aromatic carbocycles. The van der Waals surface area contributed by atoms with Gasteiger partial charge in [-0.25, -0.2) is 4.79 Å². The summed E-state index contributed by atoms with van der Waals surface area (Å²) in [5.74, 6) is -0.247. The van der Waals surface area contributed by atoms with Gasteiger partial charge in [-0.05, 0) is 25.8 Å². The van der Waals surface area contributed by atoms with E-state index in [1.165, 1.54) is 0 Å². The van der Waals surface area contributed by atoms with Gasteiger partial charge in [0.25, 0.3) is 0 Å². The molecule has 0 aliphatic carbocycles. The summed E-state index contributed by atoms with van der Waals surface area (Å²) in [4.78, 5) is 25.8. The van der Waals surface area contributed by atoms with Gasteiger partial charge < -0.3 is 20.9 Å². The molecule has 6 heteroatoms. The molecule has 0 bridgehead atoms. The van der Waals surface area contributed by atoms with Crippen LogP contribution < -0.4 is 11.1 Å². The maximum absolute atomic E-state index is 11.7. The third-order valence-electron chi connectivity index (χ3n) is 3.18. The molecule has 18 heavy (non-hydrogen) atoms. The van der Waals surface area contributed by atoms with Crippen molar-refractivity contribution in [3.05, 3.63) is 0 Å². The predicted molar refractivity (Wildman–Crippen MR) is 70.1 cm³/mol. The van der Waals surface area contributed by atoms with E-state index in [-0.39, 0.29) is 11.9 Å². The molecular formula is C12H24N4O2. The van der Waals surface area contributed by atoms with Crippen molar-refractivity contribution >= 4 is 11.9 Å². The molecule has 6 nitrogen and oxygen atoms in total. The second-order valence-electron chi connectivity index (χ2n) is 4.96. The standard InChI is InChI=1S/C12H24N4O2/c1-15(2)12(18)16-8-5-10(6-9-16)14-7-3-4-11(13)17/h10,14H,3-9H2,1-2H3,(H2,13,17). The van der Waals surface area contributed by atoms with E-state index < -0.39 is 0 Å². The van der Waals surface area contributed by atoms with Gasteiger partial charge in [0.2, 0.25) is 5.91 Å². The topological polar surface area (TPSA) is 78.7 Å². The molecule has 0 saturated carbocycles. The fourth-order valence-electron chi connectivity index (χ4n) is 2.13. The molecule has 104 valence electrons. The summed E-state index contributed by atoms with van der Waals surface area (Å²) in [7, 11) is 3.55. The smallest absolute Gasteiger partial charge is 0.319 e. The number of urea groups is 1. The predicted octanol–water partition coefficient (Wildman–Crippen LogP) is -0.0125. The first-order chi connectivity index (χ1) is 8.50. The van der Waals surface area contributed by atoms with E-state index in [0.717, 1.165) is 38.9 Å². The van der Waals surface area contributed by atoms with Crippen LogP contribution in [0.4, 0.5) is 4.79 Å². The van der Waals surface area contributed by atoms with Crippen LogP contribution in [-0.2, 0) is 4.79 Å². The van der Waals surface area contributed by atoms with Crippen molar-refractivity contribution in [3.8, 4) is 0 Å². The van der Waals surface area contributed by atoms with Crippen LogP contribution in [0, 0.1) is 0 Å². The van der Waals surface area contributed by atoms with Gasteiger partial charge in [-0.1, -0.05) is 0 Å². The molecule has 1 aliphatic heterocycles. The highest BCUT2D eigenvalue weighted by molar-refractivity contribution is 5.74. The van der Waals surface area contributed by atoms with Crippen LogP contribution in [0.5, 0.6) is 0 Å². The van der Waals surface area contributed by atoms with E-state index in [0.29, 0.717) is 12.5 Å². The number of carbonyl (C=O) groups excluding carboxylic acids is 2. The first kappa shape index (κ1) is 14.8. The van der Waals surface area contributed by atoms with Crippen LogP contribution in [0.25, 0.3) is 0 Å². The lowest BCUT2D eigenvalue weighted by atomic mass is 10.1. The van der Waals surface area contributed by atoms with E-state index in [1.807, 2.05) is 4.90 Å². The molecule has 1 aliphatic rings. The number of likely N-dealkylation sites (tertiary alicyclic amines) is 1. The van der Waals surface area contributed by atoms with Gasteiger partial charge in [-0.15, -0.1) is 0 Å². The number of primary amides is 1. The number of piperidine rings is 1. The Hall–Kier alpha value is -1.30. The Morgan fingerprint density at radius 2 is 1.94 bits per heavy atom. The maximum atomic E-state index is 11.7. The van der Waals surface area contributed by atoms with E-state index in [2.05, 4.69) is 5.32 Å². The van der Waals surface area contributed by atoms with E-state index in [4.69, 9.17) is 5.73 Å². The largest absolute Gasteiger partial charge is 0.370 e. The minimum absolute atomic E-state index is 0.0854. The zero-order valence-corrected chi connectivity index (χ0v) is 11.3. The van der Waals surface area contributed by atoms with Crippen molar-refractivity contribution in [2.45, 2.75) is 31.7 Å². The summed E-state index contributed by atoms with van der Waals surface area (Å²) in [5.41, 5.74) is 5.08. The van der Waals surface area contributed by atoms with Gasteiger partial charge in [-0.2, -0.15) is 0 Å². The summed E-state index contributed by atoms with van der Waals surface area (Å²) < 4.78 is 0. The molecule has 0 radical (unpaired) electrons. The quantitative estimate of drug-likeness (QED) is 0.679. The molecule has 3 N–H and O–H groups in total.